The van der Waals surface area contributed by atoms with Crippen molar-refractivity contribution in [2.75, 3.05) is 23.1 Å². The van der Waals surface area contributed by atoms with Gasteiger partial charge in [0, 0.05) is 37.8 Å². The van der Waals surface area contributed by atoms with Crippen LogP contribution in [0.4, 0.5) is 11.4 Å². The molecule has 100 valence electrons. The second-order valence-electron chi connectivity index (χ2n) is 4.79. The van der Waals surface area contributed by atoms with Crippen LogP contribution < -0.4 is 10.6 Å². The fraction of sp³-hybridized carbons (Fsp3) is 0.385. The number of oxazole rings is 1. The fourth-order valence-corrected chi connectivity index (χ4v) is 2.93. The Morgan fingerprint density at radius 2 is 2.42 bits per heavy atom. The van der Waals surface area contributed by atoms with E-state index in [4.69, 9.17) is 21.8 Å². The van der Waals surface area contributed by atoms with Crippen molar-refractivity contribution in [1.82, 2.24) is 4.98 Å². The van der Waals surface area contributed by atoms with Crippen molar-refractivity contribution in [2.45, 2.75) is 19.8 Å². The summed E-state index contributed by atoms with van der Waals surface area (Å²) in [5.74, 6) is 1.03. The van der Waals surface area contributed by atoms with Crippen LogP contribution in [-0.2, 0) is 4.79 Å². The van der Waals surface area contributed by atoms with E-state index >= 15 is 0 Å². The first kappa shape index (κ1) is 12.3. The molecule has 1 amide bonds. The molecule has 0 spiro atoms. The van der Waals surface area contributed by atoms with Gasteiger partial charge in [0.05, 0.1) is 11.4 Å². The number of hydrogen-bond acceptors (Lipinski definition) is 4. The van der Waals surface area contributed by atoms with Gasteiger partial charge < -0.3 is 15.1 Å². The molecule has 0 fully saturated rings. The Morgan fingerprint density at radius 1 is 1.68 bits per heavy atom. The normalized spacial score (nSPS) is 18.1. The number of nitrogens with zero attached hydrogens (tertiary/aromatic N) is 2. The van der Waals surface area contributed by atoms with Crippen LogP contribution in [0.15, 0.2) is 10.5 Å². The average molecular weight is 280 g/mol. The molecule has 6 heteroatoms. The van der Waals surface area contributed by atoms with Gasteiger partial charge in [-0.05, 0) is 6.07 Å². The van der Waals surface area contributed by atoms with Crippen LogP contribution in [0.2, 0.25) is 0 Å². The van der Waals surface area contributed by atoms with Gasteiger partial charge in [-0.1, -0.05) is 0 Å². The number of hydrogen-bond donors (Lipinski definition) is 1. The molecule has 0 aliphatic carbocycles. The molecular formula is C13H14ClN3O2. The molecule has 0 radical (unpaired) electrons. The predicted octanol–water partition coefficient (Wildman–Crippen LogP) is 2.41. The van der Waals surface area contributed by atoms with Crippen LogP contribution >= 0.6 is 11.6 Å². The fourth-order valence-electron chi connectivity index (χ4n) is 2.68. The molecule has 2 N–H and O–H groups in total. The first-order valence-corrected chi connectivity index (χ1v) is 6.60. The molecule has 1 aromatic heterocycles. The van der Waals surface area contributed by atoms with Crippen LogP contribution in [0, 0.1) is 6.92 Å². The summed E-state index contributed by atoms with van der Waals surface area (Å²) in [6, 6.07) is 1.77. The standard InChI is InChI=1S/C13H14ClN3O2/c1-6-16-12-11-8(4-14)5-17(7(2)18)10(11)3-9(15)13(12)19-6/h3,8H,4-5,15H2,1-2H3. The molecule has 2 aromatic rings. The van der Waals surface area contributed by atoms with Crippen LogP contribution in [0.25, 0.3) is 11.1 Å². The van der Waals surface area contributed by atoms with Gasteiger partial charge >= 0.3 is 0 Å². The number of halogens is 1. The lowest BCUT2D eigenvalue weighted by molar-refractivity contribution is -0.116. The predicted molar refractivity (Wildman–Crippen MR) is 74.6 cm³/mol. The van der Waals surface area contributed by atoms with Crippen molar-refractivity contribution in [3.05, 3.63) is 17.5 Å². The smallest absolute Gasteiger partial charge is 0.223 e. The summed E-state index contributed by atoms with van der Waals surface area (Å²) in [4.78, 5) is 17.8. The lowest BCUT2D eigenvalue weighted by Crippen LogP contribution is -2.27. The maximum absolute atomic E-state index is 11.7. The summed E-state index contributed by atoms with van der Waals surface area (Å²) < 4.78 is 5.53. The van der Waals surface area contributed by atoms with E-state index in [-0.39, 0.29) is 11.8 Å². The number of nitrogen functional groups attached to an aromatic ring is 1. The van der Waals surface area contributed by atoms with Gasteiger partial charge in [0.25, 0.3) is 0 Å². The van der Waals surface area contributed by atoms with Crippen molar-refractivity contribution in [3.63, 3.8) is 0 Å². The summed E-state index contributed by atoms with van der Waals surface area (Å²) in [6.07, 6.45) is 0. The molecule has 0 bridgehead atoms. The zero-order chi connectivity index (χ0) is 13.7. The molecule has 19 heavy (non-hydrogen) atoms. The Hall–Kier alpha value is -1.75. The van der Waals surface area contributed by atoms with Gasteiger partial charge in [-0.3, -0.25) is 4.79 Å². The van der Waals surface area contributed by atoms with Crippen LogP contribution in [0.3, 0.4) is 0 Å². The molecule has 0 saturated carbocycles. The van der Waals surface area contributed by atoms with Crippen molar-refractivity contribution < 1.29 is 9.21 Å². The number of anilines is 2. The molecule has 2 heterocycles. The summed E-state index contributed by atoms with van der Waals surface area (Å²) >= 11 is 6.02. The summed E-state index contributed by atoms with van der Waals surface area (Å²) in [7, 11) is 0. The van der Waals surface area contributed by atoms with Crippen LogP contribution in [0.1, 0.15) is 24.3 Å². The van der Waals surface area contributed by atoms with E-state index in [0.717, 1.165) is 16.8 Å². The zero-order valence-corrected chi connectivity index (χ0v) is 11.5. The van der Waals surface area contributed by atoms with E-state index < -0.39 is 0 Å². The number of aryl methyl sites for hydroxylation is 1. The van der Waals surface area contributed by atoms with Gasteiger partial charge in [-0.2, -0.15) is 0 Å². The average Bonchev–Trinajstić information content (AvgIpc) is 2.89. The van der Waals surface area contributed by atoms with E-state index in [0.29, 0.717) is 29.6 Å². The second kappa shape index (κ2) is 4.13. The highest BCUT2D eigenvalue weighted by Crippen LogP contribution is 2.43. The molecule has 1 aliphatic heterocycles. The highest BCUT2D eigenvalue weighted by atomic mass is 35.5. The number of nitrogens with two attached hydrogens (primary N) is 1. The Morgan fingerprint density at radius 3 is 3.05 bits per heavy atom. The number of alkyl halides is 1. The molecular weight excluding hydrogens is 266 g/mol. The quantitative estimate of drug-likeness (QED) is 0.643. The van der Waals surface area contributed by atoms with Crippen molar-refractivity contribution in [1.29, 1.82) is 0 Å². The Labute approximate surface area is 115 Å². The topological polar surface area (TPSA) is 72.4 Å². The van der Waals surface area contributed by atoms with Crippen molar-refractivity contribution in [2.24, 2.45) is 0 Å². The SMILES string of the molecule is CC(=O)N1CC(CCl)c2c1cc(N)c1oc(C)nc21. The highest BCUT2D eigenvalue weighted by Gasteiger charge is 2.34. The van der Waals surface area contributed by atoms with Crippen molar-refractivity contribution in [3.8, 4) is 0 Å². The van der Waals surface area contributed by atoms with E-state index in [2.05, 4.69) is 4.98 Å². The van der Waals surface area contributed by atoms with E-state index in [1.54, 1.807) is 17.9 Å². The number of benzene rings is 1. The monoisotopic (exact) mass is 279 g/mol. The number of amides is 1. The Bertz CT molecular complexity index is 680. The van der Waals surface area contributed by atoms with Crippen LogP contribution in [0.5, 0.6) is 0 Å². The number of fused-ring (bicyclic) bond motifs is 3. The summed E-state index contributed by atoms with van der Waals surface area (Å²) in [5, 5.41) is 0. The molecule has 1 aromatic carbocycles. The van der Waals surface area contributed by atoms with Gasteiger partial charge in [0.15, 0.2) is 11.5 Å². The Kier molecular flexibility index (Phi) is 2.67. The van der Waals surface area contributed by atoms with Gasteiger partial charge in [-0.15, -0.1) is 11.6 Å². The molecule has 1 aliphatic rings. The highest BCUT2D eigenvalue weighted by molar-refractivity contribution is 6.19. The van der Waals surface area contributed by atoms with Crippen molar-refractivity contribution >= 4 is 40.0 Å². The van der Waals surface area contributed by atoms with E-state index in [1.807, 2.05) is 0 Å². The maximum Gasteiger partial charge on any atom is 0.223 e. The van der Waals surface area contributed by atoms with E-state index in [9.17, 15) is 4.79 Å². The molecule has 0 saturated heterocycles. The molecule has 5 nitrogen and oxygen atoms in total. The largest absolute Gasteiger partial charge is 0.439 e. The van der Waals surface area contributed by atoms with Gasteiger partial charge in [0.2, 0.25) is 5.91 Å². The minimum Gasteiger partial charge on any atom is -0.439 e. The lowest BCUT2D eigenvalue weighted by atomic mass is 10.0. The van der Waals surface area contributed by atoms with Gasteiger partial charge in [0.1, 0.15) is 5.52 Å². The molecule has 1 atom stereocenters. The summed E-state index contributed by atoms with van der Waals surface area (Å²) in [5.41, 5.74) is 9.55. The third kappa shape index (κ3) is 1.69. The molecule has 1 unspecified atom stereocenters. The summed E-state index contributed by atoms with van der Waals surface area (Å²) in [6.45, 7) is 3.88. The zero-order valence-electron chi connectivity index (χ0n) is 10.7. The second-order valence-corrected chi connectivity index (χ2v) is 5.10. The third-order valence-corrected chi connectivity index (χ3v) is 3.86. The minimum absolute atomic E-state index is 0.0205. The van der Waals surface area contributed by atoms with E-state index in [1.165, 1.54) is 6.92 Å². The molecule has 3 rings (SSSR count). The first-order valence-electron chi connectivity index (χ1n) is 6.06. The number of rotatable bonds is 1. The number of carbonyl (C=O) groups excluding carboxylic acids is 1. The third-order valence-electron chi connectivity index (χ3n) is 3.49. The lowest BCUT2D eigenvalue weighted by Gasteiger charge is -2.15. The van der Waals surface area contributed by atoms with Crippen LogP contribution in [-0.4, -0.2) is 23.3 Å². The first-order chi connectivity index (χ1) is 9.02. The number of carbonyl (C=O) groups is 1. The minimum atomic E-state index is -0.0205. The van der Waals surface area contributed by atoms with Gasteiger partial charge in [-0.25, -0.2) is 4.98 Å². The number of aromatic nitrogens is 1. The maximum atomic E-state index is 11.7. The Balaban J connectivity index is 2.34.